The first-order valence-electron chi connectivity index (χ1n) is 5.94. The average molecular weight is 223 g/mol. The summed E-state index contributed by atoms with van der Waals surface area (Å²) in [7, 11) is 4.13. The van der Waals surface area contributed by atoms with Gasteiger partial charge in [-0.1, -0.05) is 5.21 Å². The molecule has 1 aromatic rings. The fraction of sp³-hybridized carbons (Fsp3) is 0.818. The Bertz CT molecular complexity index is 335. The first kappa shape index (κ1) is 11.5. The van der Waals surface area contributed by atoms with E-state index in [1.165, 1.54) is 19.4 Å². The zero-order valence-electron chi connectivity index (χ0n) is 10.3. The lowest BCUT2D eigenvalue weighted by atomic mass is 9.99. The van der Waals surface area contributed by atoms with E-state index in [9.17, 15) is 0 Å². The zero-order chi connectivity index (χ0) is 11.5. The summed E-state index contributed by atoms with van der Waals surface area (Å²) in [4.78, 5) is 2.42. The van der Waals surface area contributed by atoms with Gasteiger partial charge in [0, 0.05) is 25.7 Å². The molecule has 0 aliphatic carbocycles. The Morgan fingerprint density at radius 2 is 2.31 bits per heavy atom. The van der Waals surface area contributed by atoms with Gasteiger partial charge in [-0.3, -0.25) is 4.68 Å². The Labute approximate surface area is 96.8 Å². The summed E-state index contributed by atoms with van der Waals surface area (Å²) in [6, 6.07) is 1.30. The number of nitrogens with zero attached hydrogens (tertiary/aromatic N) is 4. The molecule has 16 heavy (non-hydrogen) atoms. The molecule has 0 saturated carbocycles. The van der Waals surface area contributed by atoms with Gasteiger partial charge < -0.3 is 10.2 Å². The van der Waals surface area contributed by atoms with Gasteiger partial charge in [0.1, 0.15) is 0 Å². The van der Waals surface area contributed by atoms with E-state index in [0.717, 1.165) is 12.2 Å². The van der Waals surface area contributed by atoms with E-state index in [1.54, 1.807) is 0 Å². The van der Waals surface area contributed by atoms with Crippen molar-refractivity contribution < 1.29 is 0 Å². The van der Waals surface area contributed by atoms with Crippen molar-refractivity contribution in [3.63, 3.8) is 0 Å². The van der Waals surface area contributed by atoms with Crippen LogP contribution in [0.1, 0.15) is 25.5 Å². The second-order valence-corrected chi connectivity index (χ2v) is 4.78. The summed E-state index contributed by atoms with van der Waals surface area (Å²) in [6.45, 7) is 4.34. The fourth-order valence-electron chi connectivity index (χ4n) is 2.19. The van der Waals surface area contributed by atoms with Crippen molar-refractivity contribution in [1.82, 2.24) is 25.2 Å². The van der Waals surface area contributed by atoms with Crippen LogP contribution in [0.15, 0.2) is 6.20 Å². The zero-order valence-corrected chi connectivity index (χ0v) is 10.3. The van der Waals surface area contributed by atoms with Gasteiger partial charge in [-0.25, -0.2) is 0 Å². The smallest absolute Gasteiger partial charge is 0.0738 e. The molecule has 2 heterocycles. The predicted molar refractivity (Wildman–Crippen MR) is 63.0 cm³/mol. The maximum absolute atomic E-state index is 3.93. The number of aromatic nitrogens is 3. The molecule has 1 N–H and O–H groups in total. The highest BCUT2D eigenvalue weighted by molar-refractivity contribution is 4.93. The Morgan fingerprint density at radius 1 is 1.50 bits per heavy atom. The molecule has 0 bridgehead atoms. The van der Waals surface area contributed by atoms with Crippen molar-refractivity contribution in [1.29, 1.82) is 0 Å². The quantitative estimate of drug-likeness (QED) is 0.805. The predicted octanol–water partition coefficient (Wildman–Crippen LogP) is 0.387. The molecule has 2 rings (SSSR count). The molecule has 0 aromatic carbocycles. The van der Waals surface area contributed by atoms with E-state index < -0.39 is 0 Å². The molecule has 1 aromatic heterocycles. The lowest BCUT2D eigenvalue weighted by Gasteiger charge is -2.35. The standard InChI is InChI=1S/C11H21N5/c1-9-6-10(4-5-15(9)2)12-7-11-8-13-14-16(11)3/h8-10,12H,4-7H2,1-3H3. The van der Waals surface area contributed by atoms with Crippen molar-refractivity contribution >= 4 is 0 Å². The Hall–Kier alpha value is -0.940. The number of aryl methyl sites for hydroxylation is 1. The van der Waals surface area contributed by atoms with Crippen LogP contribution >= 0.6 is 0 Å². The van der Waals surface area contributed by atoms with Gasteiger partial charge in [0.25, 0.3) is 0 Å². The molecule has 90 valence electrons. The summed E-state index contributed by atoms with van der Waals surface area (Å²) >= 11 is 0. The van der Waals surface area contributed by atoms with Gasteiger partial charge in [-0.2, -0.15) is 0 Å². The van der Waals surface area contributed by atoms with Gasteiger partial charge in [-0.15, -0.1) is 5.10 Å². The van der Waals surface area contributed by atoms with E-state index in [2.05, 4.69) is 34.5 Å². The van der Waals surface area contributed by atoms with Gasteiger partial charge >= 0.3 is 0 Å². The molecule has 0 radical (unpaired) electrons. The van der Waals surface area contributed by atoms with Crippen molar-refractivity contribution in [2.24, 2.45) is 7.05 Å². The summed E-state index contributed by atoms with van der Waals surface area (Å²) in [5.74, 6) is 0. The lowest BCUT2D eigenvalue weighted by molar-refractivity contribution is 0.167. The van der Waals surface area contributed by atoms with Gasteiger partial charge in [0.05, 0.1) is 11.9 Å². The summed E-state index contributed by atoms with van der Waals surface area (Å²) in [6.07, 6.45) is 4.28. The van der Waals surface area contributed by atoms with E-state index >= 15 is 0 Å². The van der Waals surface area contributed by atoms with Gasteiger partial charge in [0.15, 0.2) is 0 Å². The van der Waals surface area contributed by atoms with Crippen LogP contribution in [0.25, 0.3) is 0 Å². The minimum atomic E-state index is 0.626. The third-order valence-corrected chi connectivity index (χ3v) is 3.59. The molecule has 1 fully saturated rings. The van der Waals surface area contributed by atoms with Crippen LogP contribution in [0.5, 0.6) is 0 Å². The van der Waals surface area contributed by atoms with E-state index in [1.807, 2.05) is 17.9 Å². The summed E-state index contributed by atoms with van der Waals surface area (Å²) < 4.78 is 1.82. The summed E-state index contributed by atoms with van der Waals surface area (Å²) in [5.41, 5.74) is 1.14. The van der Waals surface area contributed by atoms with Crippen LogP contribution in [0.4, 0.5) is 0 Å². The van der Waals surface area contributed by atoms with Crippen molar-refractivity contribution in [2.75, 3.05) is 13.6 Å². The molecular formula is C11H21N5. The second kappa shape index (κ2) is 4.93. The second-order valence-electron chi connectivity index (χ2n) is 4.78. The third kappa shape index (κ3) is 2.59. The van der Waals surface area contributed by atoms with Crippen LogP contribution in [-0.2, 0) is 13.6 Å². The van der Waals surface area contributed by atoms with E-state index in [0.29, 0.717) is 12.1 Å². The number of nitrogens with one attached hydrogen (secondary N) is 1. The third-order valence-electron chi connectivity index (χ3n) is 3.59. The van der Waals surface area contributed by atoms with E-state index in [-0.39, 0.29) is 0 Å². The minimum Gasteiger partial charge on any atom is -0.308 e. The van der Waals surface area contributed by atoms with Gasteiger partial charge in [0.2, 0.25) is 0 Å². The molecule has 0 amide bonds. The normalized spacial score (nSPS) is 27.2. The highest BCUT2D eigenvalue weighted by atomic mass is 15.4. The maximum atomic E-state index is 3.93. The number of rotatable bonds is 3. The highest BCUT2D eigenvalue weighted by Crippen LogP contribution is 2.15. The topological polar surface area (TPSA) is 46.0 Å². The average Bonchev–Trinajstić information content (AvgIpc) is 2.66. The molecule has 5 heteroatoms. The molecule has 5 nitrogen and oxygen atoms in total. The monoisotopic (exact) mass is 223 g/mol. The van der Waals surface area contributed by atoms with Crippen LogP contribution < -0.4 is 5.32 Å². The molecule has 2 atom stereocenters. The maximum Gasteiger partial charge on any atom is 0.0738 e. The molecule has 2 unspecified atom stereocenters. The molecule has 1 aliphatic rings. The van der Waals surface area contributed by atoms with Crippen molar-refractivity contribution in [3.05, 3.63) is 11.9 Å². The minimum absolute atomic E-state index is 0.626. The molecule has 1 aliphatic heterocycles. The fourth-order valence-corrected chi connectivity index (χ4v) is 2.19. The molecule has 0 spiro atoms. The van der Waals surface area contributed by atoms with Crippen LogP contribution in [0.3, 0.4) is 0 Å². The lowest BCUT2D eigenvalue weighted by Crippen LogP contribution is -2.45. The number of likely N-dealkylation sites (tertiary alicyclic amines) is 1. The largest absolute Gasteiger partial charge is 0.308 e. The number of piperidine rings is 1. The first-order valence-corrected chi connectivity index (χ1v) is 5.94. The van der Waals surface area contributed by atoms with Crippen LogP contribution in [0.2, 0.25) is 0 Å². The first-order chi connectivity index (χ1) is 7.66. The van der Waals surface area contributed by atoms with Crippen LogP contribution in [0, 0.1) is 0 Å². The van der Waals surface area contributed by atoms with Crippen LogP contribution in [-0.4, -0.2) is 45.6 Å². The van der Waals surface area contributed by atoms with Gasteiger partial charge in [-0.05, 0) is 33.4 Å². The summed E-state index contributed by atoms with van der Waals surface area (Å²) in [5, 5.41) is 11.4. The van der Waals surface area contributed by atoms with E-state index in [4.69, 9.17) is 0 Å². The SMILES string of the molecule is CC1CC(NCc2cnnn2C)CCN1C. The Balaban J connectivity index is 1.81. The van der Waals surface area contributed by atoms with Crippen molar-refractivity contribution in [3.8, 4) is 0 Å². The molecular weight excluding hydrogens is 202 g/mol. The van der Waals surface area contributed by atoms with Crippen molar-refractivity contribution in [2.45, 2.75) is 38.4 Å². The number of hydrogen-bond donors (Lipinski definition) is 1. The Kier molecular flexibility index (Phi) is 3.56. The Morgan fingerprint density at radius 3 is 2.94 bits per heavy atom. The molecule has 1 saturated heterocycles. The highest BCUT2D eigenvalue weighted by Gasteiger charge is 2.22. The number of hydrogen-bond acceptors (Lipinski definition) is 4.